The first-order valence-electron chi connectivity index (χ1n) is 4.80. The van der Waals surface area contributed by atoms with Crippen LogP contribution in [0, 0.1) is 0 Å². The molecule has 0 amide bonds. The second-order valence-electron chi connectivity index (χ2n) is 3.22. The van der Waals surface area contributed by atoms with Gasteiger partial charge in [-0.15, -0.1) is 0 Å². The molecule has 94 valence electrons. The molecule has 1 aromatic heterocycles. The number of nitrogens with zero attached hydrogens (tertiary/aromatic N) is 2. The van der Waals surface area contributed by atoms with Crippen molar-refractivity contribution in [1.29, 1.82) is 0 Å². The molecular weight excluding hydrogens is 248 g/mol. The van der Waals surface area contributed by atoms with Gasteiger partial charge in [0.05, 0.1) is 5.69 Å². The van der Waals surface area contributed by atoms with Crippen molar-refractivity contribution in [1.82, 2.24) is 14.8 Å². The molecule has 0 saturated carbocycles. The molecule has 0 atom stereocenters. The Hall–Kier alpha value is -2.51. The summed E-state index contributed by atoms with van der Waals surface area (Å²) < 4.78 is 28.9. The van der Waals surface area contributed by atoms with E-state index in [9.17, 15) is 18.4 Å². The molecule has 0 saturated heterocycles. The highest BCUT2D eigenvalue weighted by Crippen LogP contribution is 2.15. The predicted molar refractivity (Wildman–Crippen MR) is 57.1 cm³/mol. The normalized spacial score (nSPS) is 10.6. The minimum absolute atomic E-state index is 0.0359. The lowest BCUT2D eigenvalue weighted by molar-refractivity contribution is -0.0498. The molecule has 18 heavy (non-hydrogen) atoms. The summed E-state index contributed by atoms with van der Waals surface area (Å²) in [6.07, 6.45) is 0.935. The highest BCUT2D eigenvalue weighted by molar-refractivity contribution is 5.36. The van der Waals surface area contributed by atoms with Crippen LogP contribution in [0.15, 0.2) is 40.1 Å². The molecule has 0 fully saturated rings. The Balaban J connectivity index is 2.34. The van der Waals surface area contributed by atoms with Crippen molar-refractivity contribution in [3.63, 3.8) is 0 Å². The minimum Gasteiger partial charge on any atom is -0.435 e. The van der Waals surface area contributed by atoms with Crippen LogP contribution in [0.4, 0.5) is 8.78 Å². The lowest BCUT2D eigenvalue weighted by atomic mass is 10.3. The summed E-state index contributed by atoms with van der Waals surface area (Å²) in [5.41, 5.74) is -1.02. The van der Waals surface area contributed by atoms with Crippen molar-refractivity contribution < 1.29 is 13.5 Å². The van der Waals surface area contributed by atoms with Crippen molar-refractivity contribution >= 4 is 0 Å². The van der Waals surface area contributed by atoms with E-state index in [4.69, 9.17) is 0 Å². The molecule has 0 bridgehead atoms. The molecule has 2 rings (SSSR count). The molecule has 8 heteroatoms. The summed E-state index contributed by atoms with van der Waals surface area (Å²) in [6, 6.07) is 5.26. The van der Waals surface area contributed by atoms with Gasteiger partial charge in [0.15, 0.2) is 0 Å². The van der Waals surface area contributed by atoms with E-state index in [1.54, 1.807) is 0 Å². The van der Waals surface area contributed by atoms with Gasteiger partial charge in [-0.05, 0) is 24.3 Å². The van der Waals surface area contributed by atoms with Gasteiger partial charge in [0.25, 0.3) is 5.56 Å². The third-order valence-corrected chi connectivity index (χ3v) is 2.02. The first-order chi connectivity index (χ1) is 8.56. The summed E-state index contributed by atoms with van der Waals surface area (Å²) in [5.74, 6) is -0.0359. The smallest absolute Gasteiger partial charge is 0.387 e. The zero-order valence-electron chi connectivity index (χ0n) is 8.84. The minimum atomic E-state index is -2.91. The molecular formula is C10H7F2N3O3. The standard InChI is InChI=1S/C10H7F2N3O3/c11-9(12)18-7-3-1-6(2-4-7)15-10(17)14-8(16)5-13-15/h1-5,9H,(H,14,16,17). The van der Waals surface area contributed by atoms with E-state index in [0.29, 0.717) is 5.69 Å². The number of ether oxygens (including phenoxy) is 1. The molecule has 0 unspecified atom stereocenters. The van der Waals surface area contributed by atoms with Crippen LogP contribution in [-0.2, 0) is 0 Å². The van der Waals surface area contributed by atoms with Gasteiger partial charge >= 0.3 is 12.3 Å². The molecule has 1 aromatic carbocycles. The molecule has 6 nitrogen and oxygen atoms in total. The molecule has 2 aromatic rings. The Labute approximate surface area is 98.5 Å². The van der Waals surface area contributed by atoms with Crippen LogP contribution in [0.5, 0.6) is 5.75 Å². The Bertz CT molecular complexity index is 648. The van der Waals surface area contributed by atoms with Gasteiger partial charge in [0, 0.05) is 0 Å². The van der Waals surface area contributed by atoms with Crippen LogP contribution in [0.1, 0.15) is 0 Å². The van der Waals surface area contributed by atoms with E-state index in [-0.39, 0.29) is 5.75 Å². The van der Waals surface area contributed by atoms with Crippen LogP contribution < -0.4 is 16.0 Å². The number of H-pyrrole nitrogens is 1. The maximum absolute atomic E-state index is 11.9. The van der Waals surface area contributed by atoms with Crippen molar-refractivity contribution in [2.45, 2.75) is 6.61 Å². The third kappa shape index (κ3) is 2.59. The number of hydrogen-bond acceptors (Lipinski definition) is 4. The quantitative estimate of drug-likeness (QED) is 0.867. The molecule has 1 N–H and O–H groups in total. The summed E-state index contributed by atoms with van der Waals surface area (Å²) in [6.45, 7) is -2.91. The van der Waals surface area contributed by atoms with E-state index < -0.39 is 17.9 Å². The summed E-state index contributed by atoms with van der Waals surface area (Å²) >= 11 is 0. The topological polar surface area (TPSA) is 77.0 Å². The molecule has 0 aliphatic heterocycles. The number of nitrogens with one attached hydrogen (secondary N) is 1. The summed E-state index contributed by atoms with van der Waals surface area (Å²) in [7, 11) is 0. The molecule has 0 aliphatic carbocycles. The first kappa shape index (κ1) is 12.0. The van der Waals surface area contributed by atoms with Crippen LogP contribution in [0.3, 0.4) is 0 Å². The van der Waals surface area contributed by atoms with Crippen LogP contribution in [0.25, 0.3) is 5.69 Å². The Morgan fingerprint density at radius 2 is 1.89 bits per heavy atom. The fourth-order valence-corrected chi connectivity index (χ4v) is 1.31. The third-order valence-electron chi connectivity index (χ3n) is 2.02. The lowest BCUT2D eigenvalue weighted by Gasteiger charge is -2.06. The maximum Gasteiger partial charge on any atom is 0.387 e. The maximum atomic E-state index is 11.9. The van der Waals surface area contributed by atoms with E-state index in [0.717, 1.165) is 10.9 Å². The number of rotatable bonds is 3. The first-order valence-corrected chi connectivity index (χ1v) is 4.80. The second kappa shape index (κ2) is 4.78. The van der Waals surface area contributed by atoms with E-state index >= 15 is 0 Å². The van der Waals surface area contributed by atoms with E-state index in [1.807, 2.05) is 4.98 Å². The Morgan fingerprint density at radius 1 is 1.22 bits per heavy atom. The SMILES string of the molecule is O=c1cnn(-c2ccc(OC(F)F)cc2)c(=O)[nH]1. The van der Waals surface area contributed by atoms with Crippen molar-refractivity contribution in [2.75, 3.05) is 0 Å². The highest BCUT2D eigenvalue weighted by atomic mass is 19.3. The fourth-order valence-electron chi connectivity index (χ4n) is 1.31. The zero-order valence-corrected chi connectivity index (χ0v) is 8.84. The van der Waals surface area contributed by atoms with Gasteiger partial charge < -0.3 is 4.74 Å². The van der Waals surface area contributed by atoms with E-state index in [1.165, 1.54) is 24.3 Å². The number of halogens is 2. The largest absolute Gasteiger partial charge is 0.435 e. The fraction of sp³-hybridized carbons (Fsp3) is 0.100. The van der Waals surface area contributed by atoms with Gasteiger partial charge in [-0.1, -0.05) is 0 Å². The zero-order chi connectivity index (χ0) is 13.1. The monoisotopic (exact) mass is 255 g/mol. The summed E-state index contributed by atoms with van der Waals surface area (Å²) in [4.78, 5) is 24.2. The number of hydrogen-bond donors (Lipinski definition) is 1. The van der Waals surface area contributed by atoms with Gasteiger partial charge in [-0.3, -0.25) is 9.78 Å². The van der Waals surface area contributed by atoms with Gasteiger partial charge in [0.2, 0.25) is 0 Å². The lowest BCUT2D eigenvalue weighted by Crippen LogP contribution is -2.30. The highest BCUT2D eigenvalue weighted by Gasteiger charge is 2.05. The number of aromatic amines is 1. The van der Waals surface area contributed by atoms with E-state index in [2.05, 4.69) is 9.84 Å². The molecule has 0 aliphatic rings. The number of alkyl halides is 2. The van der Waals surface area contributed by atoms with Crippen molar-refractivity contribution in [2.24, 2.45) is 0 Å². The van der Waals surface area contributed by atoms with Gasteiger partial charge in [0.1, 0.15) is 11.9 Å². The van der Waals surface area contributed by atoms with Crippen LogP contribution >= 0.6 is 0 Å². The molecule has 1 heterocycles. The number of aromatic nitrogens is 3. The average Bonchev–Trinajstić information content (AvgIpc) is 2.30. The van der Waals surface area contributed by atoms with Crippen molar-refractivity contribution in [3.8, 4) is 11.4 Å². The molecule has 0 radical (unpaired) electrons. The van der Waals surface area contributed by atoms with Gasteiger partial charge in [-0.2, -0.15) is 18.6 Å². The Morgan fingerprint density at radius 3 is 2.44 bits per heavy atom. The van der Waals surface area contributed by atoms with Crippen LogP contribution in [0.2, 0.25) is 0 Å². The van der Waals surface area contributed by atoms with Crippen molar-refractivity contribution in [3.05, 3.63) is 51.3 Å². The second-order valence-corrected chi connectivity index (χ2v) is 3.22. The predicted octanol–water partition coefficient (Wildman–Crippen LogP) is 0.522. The average molecular weight is 255 g/mol. The Kier molecular flexibility index (Phi) is 3.18. The van der Waals surface area contributed by atoms with Gasteiger partial charge in [-0.25, -0.2) is 4.79 Å². The molecule has 0 spiro atoms. The van der Waals surface area contributed by atoms with Crippen LogP contribution in [-0.4, -0.2) is 21.4 Å². The summed E-state index contributed by atoms with van der Waals surface area (Å²) in [5, 5.41) is 3.61. The number of benzene rings is 1.